The molecule has 0 saturated heterocycles. The van der Waals surface area contributed by atoms with E-state index in [2.05, 4.69) is 21.2 Å². The van der Waals surface area contributed by atoms with Gasteiger partial charge in [-0.1, -0.05) is 40.2 Å². The van der Waals surface area contributed by atoms with Crippen LogP contribution in [-0.2, 0) is 11.3 Å². The predicted molar refractivity (Wildman–Crippen MR) is 83.3 cm³/mol. The van der Waals surface area contributed by atoms with E-state index in [0.717, 1.165) is 21.3 Å². The Hall–Kier alpha value is -1.39. The van der Waals surface area contributed by atoms with E-state index in [1.165, 1.54) is 12.1 Å². The van der Waals surface area contributed by atoms with Crippen LogP contribution >= 0.6 is 15.9 Å². The molecule has 0 aliphatic carbocycles. The highest BCUT2D eigenvalue weighted by atomic mass is 79.9. The van der Waals surface area contributed by atoms with Crippen LogP contribution in [0.2, 0.25) is 0 Å². The monoisotopic (exact) mass is 337 g/mol. The fourth-order valence-corrected chi connectivity index (χ4v) is 2.80. The summed E-state index contributed by atoms with van der Waals surface area (Å²) < 4.78 is 19.1. The first-order valence-electron chi connectivity index (χ1n) is 6.40. The van der Waals surface area contributed by atoms with E-state index in [0.29, 0.717) is 6.61 Å². The van der Waals surface area contributed by atoms with E-state index >= 15 is 0 Å². The largest absolute Gasteiger partial charge is 0.380 e. The Bertz CT molecular complexity index is 588. The van der Waals surface area contributed by atoms with Crippen molar-refractivity contribution in [1.82, 2.24) is 0 Å². The van der Waals surface area contributed by atoms with Gasteiger partial charge >= 0.3 is 0 Å². The summed E-state index contributed by atoms with van der Waals surface area (Å²) in [5.74, 6) is -0.243. The van der Waals surface area contributed by atoms with Crippen molar-refractivity contribution in [2.45, 2.75) is 19.6 Å². The number of hydrogen-bond acceptors (Lipinski definition) is 2. The Morgan fingerprint density at radius 1 is 1.25 bits per heavy atom. The molecule has 1 unspecified atom stereocenters. The number of nitrogens with one attached hydrogen (secondary N) is 1. The van der Waals surface area contributed by atoms with E-state index in [4.69, 9.17) is 4.74 Å². The lowest BCUT2D eigenvalue weighted by molar-refractivity contribution is 0.185. The number of rotatable bonds is 5. The second-order valence-electron chi connectivity index (χ2n) is 4.62. The van der Waals surface area contributed by atoms with Crippen molar-refractivity contribution in [1.29, 1.82) is 0 Å². The van der Waals surface area contributed by atoms with Crippen molar-refractivity contribution in [2.75, 3.05) is 12.4 Å². The second kappa shape index (κ2) is 6.86. The average molecular weight is 338 g/mol. The molecule has 20 heavy (non-hydrogen) atoms. The van der Waals surface area contributed by atoms with Gasteiger partial charge in [0, 0.05) is 28.9 Å². The Labute approximate surface area is 127 Å². The highest BCUT2D eigenvalue weighted by Crippen LogP contribution is 2.28. The van der Waals surface area contributed by atoms with Gasteiger partial charge in [0.2, 0.25) is 0 Å². The van der Waals surface area contributed by atoms with Crippen molar-refractivity contribution in [2.24, 2.45) is 0 Å². The third-order valence-corrected chi connectivity index (χ3v) is 3.80. The molecule has 0 spiro atoms. The van der Waals surface area contributed by atoms with Crippen molar-refractivity contribution in [3.63, 3.8) is 0 Å². The first-order valence-corrected chi connectivity index (χ1v) is 7.19. The summed E-state index contributed by atoms with van der Waals surface area (Å²) >= 11 is 3.41. The normalized spacial score (nSPS) is 12.2. The average Bonchev–Trinajstić information content (AvgIpc) is 2.41. The predicted octanol–water partition coefficient (Wildman–Crippen LogP) is 4.91. The molecule has 0 aliphatic heterocycles. The molecule has 4 heteroatoms. The molecule has 2 rings (SSSR count). The van der Waals surface area contributed by atoms with Crippen LogP contribution in [0.3, 0.4) is 0 Å². The molecule has 0 amide bonds. The molecule has 1 atom stereocenters. The zero-order valence-corrected chi connectivity index (χ0v) is 13.1. The Morgan fingerprint density at radius 2 is 2.00 bits per heavy atom. The lowest BCUT2D eigenvalue weighted by Gasteiger charge is -2.19. The molecule has 0 aromatic heterocycles. The first-order chi connectivity index (χ1) is 9.61. The molecule has 0 fully saturated rings. The van der Waals surface area contributed by atoms with Gasteiger partial charge in [-0.05, 0) is 30.7 Å². The highest BCUT2D eigenvalue weighted by Gasteiger charge is 2.11. The van der Waals surface area contributed by atoms with Crippen LogP contribution in [0.5, 0.6) is 0 Å². The number of halogens is 2. The van der Waals surface area contributed by atoms with Crippen LogP contribution in [-0.4, -0.2) is 7.11 Å². The van der Waals surface area contributed by atoms with Gasteiger partial charge in [0.1, 0.15) is 5.82 Å². The lowest BCUT2D eigenvalue weighted by atomic mass is 10.1. The van der Waals surface area contributed by atoms with Crippen molar-refractivity contribution < 1.29 is 9.13 Å². The summed E-state index contributed by atoms with van der Waals surface area (Å²) in [5.41, 5.74) is 3.14. The number of para-hydroxylation sites is 1. The topological polar surface area (TPSA) is 21.3 Å². The van der Waals surface area contributed by atoms with Gasteiger partial charge in [-0.25, -0.2) is 4.39 Å². The Balaban J connectivity index is 2.21. The standard InChI is InChI=1S/C16H17BrFNO/c1-11(14-8-7-13(18)9-15(14)17)19-16-6-4-3-5-12(16)10-20-2/h3-9,11,19H,10H2,1-2H3. The zero-order chi connectivity index (χ0) is 14.5. The summed E-state index contributed by atoms with van der Waals surface area (Å²) in [7, 11) is 1.68. The van der Waals surface area contributed by atoms with Gasteiger partial charge in [-0.15, -0.1) is 0 Å². The Morgan fingerprint density at radius 3 is 2.70 bits per heavy atom. The summed E-state index contributed by atoms with van der Waals surface area (Å²) in [4.78, 5) is 0. The summed E-state index contributed by atoms with van der Waals surface area (Å²) in [5, 5.41) is 3.44. The first kappa shape index (κ1) is 15.0. The van der Waals surface area contributed by atoms with Gasteiger partial charge < -0.3 is 10.1 Å². The fraction of sp³-hybridized carbons (Fsp3) is 0.250. The van der Waals surface area contributed by atoms with Crippen molar-refractivity contribution in [3.05, 3.63) is 63.9 Å². The molecule has 2 aromatic rings. The van der Waals surface area contributed by atoms with Gasteiger partial charge in [0.15, 0.2) is 0 Å². The quantitative estimate of drug-likeness (QED) is 0.837. The van der Waals surface area contributed by atoms with Gasteiger partial charge in [0.25, 0.3) is 0 Å². The fourth-order valence-electron chi connectivity index (χ4n) is 2.11. The lowest BCUT2D eigenvalue weighted by Crippen LogP contribution is -2.09. The number of ether oxygens (including phenoxy) is 1. The van der Waals surface area contributed by atoms with Gasteiger partial charge in [-0.2, -0.15) is 0 Å². The smallest absolute Gasteiger partial charge is 0.124 e. The molecule has 2 nitrogen and oxygen atoms in total. The van der Waals surface area contributed by atoms with Crippen molar-refractivity contribution in [3.8, 4) is 0 Å². The number of anilines is 1. The van der Waals surface area contributed by atoms with E-state index in [1.54, 1.807) is 13.2 Å². The molecule has 0 radical (unpaired) electrons. The van der Waals surface area contributed by atoms with E-state index < -0.39 is 0 Å². The minimum absolute atomic E-state index is 0.0583. The third-order valence-electron chi connectivity index (χ3n) is 3.12. The number of methoxy groups -OCH3 is 1. The van der Waals surface area contributed by atoms with E-state index in [1.807, 2.05) is 31.2 Å². The molecule has 0 aliphatic rings. The van der Waals surface area contributed by atoms with Gasteiger partial charge in [0.05, 0.1) is 6.61 Å². The molecular weight excluding hydrogens is 321 g/mol. The van der Waals surface area contributed by atoms with E-state index in [-0.39, 0.29) is 11.9 Å². The molecular formula is C16H17BrFNO. The summed E-state index contributed by atoms with van der Waals surface area (Å²) in [6.07, 6.45) is 0. The highest BCUT2D eigenvalue weighted by molar-refractivity contribution is 9.10. The number of hydrogen-bond donors (Lipinski definition) is 1. The van der Waals surface area contributed by atoms with Crippen LogP contribution in [0.15, 0.2) is 46.9 Å². The number of benzene rings is 2. The maximum Gasteiger partial charge on any atom is 0.124 e. The van der Waals surface area contributed by atoms with Crippen LogP contribution in [0.4, 0.5) is 10.1 Å². The minimum Gasteiger partial charge on any atom is -0.380 e. The molecule has 106 valence electrons. The van der Waals surface area contributed by atoms with E-state index in [9.17, 15) is 4.39 Å². The van der Waals surface area contributed by atoms with Crippen LogP contribution in [0.1, 0.15) is 24.1 Å². The molecule has 0 saturated carbocycles. The molecule has 0 heterocycles. The second-order valence-corrected chi connectivity index (χ2v) is 5.48. The summed E-state index contributed by atoms with van der Waals surface area (Å²) in [6.45, 7) is 2.60. The Kier molecular flexibility index (Phi) is 5.15. The van der Waals surface area contributed by atoms with Crippen molar-refractivity contribution >= 4 is 21.6 Å². The SMILES string of the molecule is COCc1ccccc1NC(C)c1ccc(F)cc1Br. The third kappa shape index (κ3) is 3.58. The van der Waals surface area contributed by atoms with Crippen LogP contribution in [0, 0.1) is 5.82 Å². The molecule has 2 aromatic carbocycles. The summed E-state index contributed by atoms with van der Waals surface area (Å²) in [6, 6.07) is 12.8. The molecule has 0 bridgehead atoms. The molecule has 1 N–H and O–H groups in total. The van der Waals surface area contributed by atoms with Crippen LogP contribution < -0.4 is 5.32 Å². The maximum atomic E-state index is 13.1. The van der Waals surface area contributed by atoms with Gasteiger partial charge in [-0.3, -0.25) is 0 Å². The maximum absolute atomic E-state index is 13.1. The minimum atomic E-state index is -0.243. The van der Waals surface area contributed by atoms with Crippen LogP contribution in [0.25, 0.3) is 0 Å². The zero-order valence-electron chi connectivity index (χ0n) is 11.5.